The van der Waals surface area contributed by atoms with Gasteiger partial charge in [-0.15, -0.1) is 0 Å². The fourth-order valence-corrected chi connectivity index (χ4v) is 6.04. The van der Waals surface area contributed by atoms with Gasteiger partial charge in [0.2, 0.25) is 5.91 Å². The highest BCUT2D eigenvalue weighted by Crippen LogP contribution is 2.26. The van der Waals surface area contributed by atoms with Crippen LogP contribution in [0.5, 0.6) is 0 Å². The van der Waals surface area contributed by atoms with Crippen LogP contribution in [0.4, 0.5) is 0 Å². The molecule has 1 atom stereocenters. The summed E-state index contributed by atoms with van der Waals surface area (Å²) in [4.78, 5) is 19.1. The number of aromatic nitrogens is 2. The number of carbonyl (C=O) groups is 1. The lowest BCUT2D eigenvalue weighted by Crippen LogP contribution is -2.42. The summed E-state index contributed by atoms with van der Waals surface area (Å²) in [6, 6.07) is 9.82. The summed E-state index contributed by atoms with van der Waals surface area (Å²) in [7, 11) is -1.07. The number of rotatable bonds is 8. The molecule has 1 fully saturated rings. The van der Waals surface area contributed by atoms with E-state index in [2.05, 4.69) is 11.9 Å². The number of unbranched alkanes of at least 4 members (excludes halogenated alkanes) is 1. The van der Waals surface area contributed by atoms with Crippen molar-refractivity contribution in [2.45, 2.75) is 37.4 Å². The molecule has 0 radical (unpaired) electrons. The topological polar surface area (TPSA) is 72.3 Å². The van der Waals surface area contributed by atoms with E-state index in [9.17, 15) is 13.2 Å². The molecule has 28 heavy (non-hydrogen) atoms. The summed E-state index contributed by atoms with van der Waals surface area (Å²) >= 11 is 1.40. The summed E-state index contributed by atoms with van der Waals surface area (Å²) in [5.41, 5.74) is 2.08. The maximum atomic E-state index is 12.9. The molecular formula is C20H27N3O3S2. The molecule has 1 amide bonds. The number of hydrogen-bond acceptors (Lipinski definition) is 5. The van der Waals surface area contributed by atoms with Crippen LogP contribution in [0, 0.1) is 0 Å². The van der Waals surface area contributed by atoms with Crippen LogP contribution < -0.4 is 0 Å². The van der Waals surface area contributed by atoms with Crippen molar-refractivity contribution in [3.63, 3.8) is 0 Å². The summed E-state index contributed by atoms with van der Waals surface area (Å²) in [5, 5.41) is 0.779. The second-order valence-electron chi connectivity index (χ2n) is 7.14. The molecule has 1 aliphatic rings. The predicted octanol–water partition coefficient (Wildman–Crippen LogP) is 3.00. The van der Waals surface area contributed by atoms with Gasteiger partial charge < -0.3 is 9.47 Å². The number of carbonyl (C=O) groups excluding carboxylic acids is 1. The smallest absolute Gasteiger partial charge is 0.233 e. The normalized spacial score (nSPS) is 18.3. The van der Waals surface area contributed by atoms with Crippen molar-refractivity contribution in [1.82, 2.24) is 14.5 Å². The molecule has 0 aliphatic carbocycles. The molecule has 1 aliphatic heterocycles. The highest BCUT2D eigenvalue weighted by molar-refractivity contribution is 7.99. The molecule has 1 saturated heterocycles. The first-order chi connectivity index (χ1) is 13.4. The fraction of sp³-hybridized carbons (Fsp3) is 0.500. The molecule has 1 aromatic heterocycles. The number of sulfone groups is 1. The zero-order valence-corrected chi connectivity index (χ0v) is 18.0. The van der Waals surface area contributed by atoms with Crippen LogP contribution in [-0.2, 0) is 21.7 Å². The molecule has 1 unspecified atom stereocenters. The number of amides is 1. The Morgan fingerprint density at radius 3 is 2.71 bits per heavy atom. The molecule has 6 nitrogen and oxygen atoms in total. The van der Waals surface area contributed by atoms with Gasteiger partial charge in [-0.1, -0.05) is 55.4 Å². The van der Waals surface area contributed by atoms with Gasteiger partial charge in [0.1, 0.15) is 0 Å². The van der Waals surface area contributed by atoms with Crippen LogP contribution >= 0.6 is 11.8 Å². The van der Waals surface area contributed by atoms with E-state index in [1.54, 1.807) is 4.90 Å². The zero-order chi connectivity index (χ0) is 20.1. The van der Waals surface area contributed by atoms with Gasteiger partial charge in [-0.2, -0.15) is 0 Å². The van der Waals surface area contributed by atoms with Crippen LogP contribution in [0.3, 0.4) is 0 Å². The van der Waals surface area contributed by atoms with Crippen molar-refractivity contribution >= 4 is 27.5 Å². The standard InChI is InChI=1S/C20H27N3O3S2/c1-3-4-11-23(17-10-12-28(25,26)15-17)19(24)14-27-20-21-13-18(22(20)2)16-8-6-5-7-9-16/h5-9,13,17H,3-4,10-12,14-15H2,1-2H3. The predicted molar refractivity (Wildman–Crippen MR) is 113 cm³/mol. The molecule has 3 rings (SSSR count). The number of nitrogens with zero attached hydrogens (tertiary/aromatic N) is 3. The maximum absolute atomic E-state index is 12.9. The van der Waals surface area contributed by atoms with Gasteiger partial charge in [0.15, 0.2) is 15.0 Å². The molecule has 1 aromatic carbocycles. The lowest BCUT2D eigenvalue weighted by atomic mass is 10.2. The summed E-state index contributed by atoms with van der Waals surface area (Å²) < 4.78 is 25.7. The Morgan fingerprint density at radius 1 is 1.32 bits per heavy atom. The molecule has 0 spiro atoms. The zero-order valence-electron chi connectivity index (χ0n) is 16.4. The van der Waals surface area contributed by atoms with Gasteiger partial charge >= 0.3 is 0 Å². The highest BCUT2D eigenvalue weighted by atomic mass is 32.2. The van der Waals surface area contributed by atoms with E-state index < -0.39 is 9.84 Å². The molecule has 0 bridgehead atoms. The minimum Gasteiger partial charge on any atom is -0.338 e. The van der Waals surface area contributed by atoms with Crippen molar-refractivity contribution in [3.05, 3.63) is 36.5 Å². The van der Waals surface area contributed by atoms with Gasteiger partial charge in [0.25, 0.3) is 0 Å². The highest BCUT2D eigenvalue weighted by Gasteiger charge is 2.34. The first-order valence-corrected chi connectivity index (χ1v) is 12.4. The lowest BCUT2D eigenvalue weighted by molar-refractivity contribution is -0.130. The Balaban J connectivity index is 1.67. The number of hydrogen-bond donors (Lipinski definition) is 0. The van der Waals surface area contributed by atoms with E-state index in [-0.39, 0.29) is 29.2 Å². The van der Waals surface area contributed by atoms with E-state index in [1.807, 2.05) is 48.1 Å². The lowest BCUT2D eigenvalue weighted by Gasteiger charge is -2.28. The Labute approximate surface area is 171 Å². The van der Waals surface area contributed by atoms with Crippen LogP contribution in [0.25, 0.3) is 11.3 Å². The van der Waals surface area contributed by atoms with E-state index >= 15 is 0 Å². The number of benzene rings is 1. The van der Waals surface area contributed by atoms with Crippen molar-refractivity contribution in [3.8, 4) is 11.3 Å². The van der Waals surface area contributed by atoms with Crippen molar-refractivity contribution < 1.29 is 13.2 Å². The SMILES string of the molecule is CCCCN(C(=O)CSc1ncc(-c2ccccc2)n1C)C1CCS(=O)(=O)C1. The van der Waals surface area contributed by atoms with Crippen LogP contribution in [-0.4, -0.2) is 58.6 Å². The molecule has 0 saturated carbocycles. The van der Waals surface area contributed by atoms with Crippen LogP contribution in [0.1, 0.15) is 26.2 Å². The second-order valence-corrected chi connectivity index (χ2v) is 10.3. The minimum absolute atomic E-state index is 0.00943. The van der Waals surface area contributed by atoms with Gasteiger partial charge in [-0.25, -0.2) is 13.4 Å². The van der Waals surface area contributed by atoms with Crippen LogP contribution in [0.2, 0.25) is 0 Å². The third-order valence-electron chi connectivity index (χ3n) is 5.06. The van der Waals surface area contributed by atoms with Gasteiger partial charge in [-0.3, -0.25) is 4.79 Å². The van der Waals surface area contributed by atoms with Crippen molar-refractivity contribution in [2.75, 3.05) is 23.8 Å². The fourth-order valence-electron chi connectivity index (χ4n) is 3.47. The molecular weight excluding hydrogens is 394 g/mol. The van der Waals surface area contributed by atoms with Gasteiger partial charge in [0, 0.05) is 19.6 Å². The largest absolute Gasteiger partial charge is 0.338 e. The van der Waals surface area contributed by atoms with E-state index in [0.29, 0.717) is 13.0 Å². The van der Waals surface area contributed by atoms with E-state index in [0.717, 1.165) is 29.3 Å². The first-order valence-electron chi connectivity index (χ1n) is 9.61. The Bertz CT molecular complexity index is 910. The average molecular weight is 422 g/mol. The monoisotopic (exact) mass is 421 g/mol. The molecule has 0 N–H and O–H groups in total. The number of thioether (sulfide) groups is 1. The Morgan fingerprint density at radius 2 is 2.07 bits per heavy atom. The average Bonchev–Trinajstić information content (AvgIpc) is 3.23. The van der Waals surface area contributed by atoms with E-state index in [4.69, 9.17) is 0 Å². The Kier molecular flexibility index (Phi) is 6.82. The molecule has 8 heteroatoms. The number of imidazole rings is 1. The summed E-state index contributed by atoms with van der Waals surface area (Å²) in [6.07, 6.45) is 4.22. The van der Waals surface area contributed by atoms with E-state index in [1.165, 1.54) is 11.8 Å². The first kappa shape index (κ1) is 20.9. The summed E-state index contributed by atoms with van der Waals surface area (Å²) in [5.74, 6) is 0.526. The third kappa shape index (κ3) is 4.97. The van der Waals surface area contributed by atoms with Crippen LogP contribution in [0.15, 0.2) is 41.7 Å². The van der Waals surface area contributed by atoms with Gasteiger partial charge in [0.05, 0.1) is 29.1 Å². The summed E-state index contributed by atoms with van der Waals surface area (Å²) in [6.45, 7) is 2.69. The van der Waals surface area contributed by atoms with Gasteiger partial charge in [-0.05, 0) is 18.4 Å². The molecule has 2 heterocycles. The minimum atomic E-state index is -3.02. The maximum Gasteiger partial charge on any atom is 0.233 e. The Hall–Kier alpha value is -1.80. The van der Waals surface area contributed by atoms with Crippen molar-refractivity contribution in [1.29, 1.82) is 0 Å². The quantitative estimate of drug-likeness (QED) is 0.613. The second kappa shape index (κ2) is 9.13. The molecule has 152 valence electrons. The third-order valence-corrected chi connectivity index (χ3v) is 7.84. The van der Waals surface area contributed by atoms with Crippen molar-refractivity contribution in [2.24, 2.45) is 7.05 Å². The molecule has 2 aromatic rings.